The molecule has 0 bridgehead atoms. The standard InChI is InChI=1S/C17H21N3O2S/c1-19(13-7-10-23-11-8-13)16(21)6-9-20-12-18-15-5-3-2-4-14(15)17(20)22/h2-5,12-13H,6-11H2,1H3. The lowest BCUT2D eigenvalue weighted by Crippen LogP contribution is -2.40. The van der Waals surface area contributed by atoms with E-state index in [1.54, 1.807) is 6.07 Å². The van der Waals surface area contributed by atoms with Gasteiger partial charge in [0.25, 0.3) is 5.56 Å². The third-order valence-electron chi connectivity index (χ3n) is 4.43. The van der Waals surface area contributed by atoms with Gasteiger partial charge in [0.15, 0.2) is 0 Å². The average Bonchev–Trinajstić information content (AvgIpc) is 2.61. The van der Waals surface area contributed by atoms with Crippen molar-refractivity contribution in [2.24, 2.45) is 0 Å². The van der Waals surface area contributed by atoms with Crippen LogP contribution in [0.25, 0.3) is 10.9 Å². The smallest absolute Gasteiger partial charge is 0.261 e. The first kappa shape index (κ1) is 16.1. The lowest BCUT2D eigenvalue weighted by molar-refractivity contribution is -0.132. The number of benzene rings is 1. The van der Waals surface area contributed by atoms with Crippen molar-refractivity contribution in [3.63, 3.8) is 0 Å². The first-order chi connectivity index (χ1) is 11.2. The molecular formula is C17H21N3O2S. The van der Waals surface area contributed by atoms with E-state index in [1.165, 1.54) is 10.9 Å². The molecule has 0 saturated carbocycles. The van der Waals surface area contributed by atoms with E-state index in [1.807, 2.05) is 41.9 Å². The fourth-order valence-electron chi connectivity index (χ4n) is 2.93. The summed E-state index contributed by atoms with van der Waals surface area (Å²) in [6.07, 6.45) is 3.99. The zero-order valence-electron chi connectivity index (χ0n) is 13.3. The van der Waals surface area contributed by atoms with Crippen LogP contribution < -0.4 is 5.56 Å². The summed E-state index contributed by atoms with van der Waals surface area (Å²) in [5.41, 5.74) is 0.608. The van der Waals surface area contributed by atoms with Crippen LogP contribution in [0.1, 0.15) is 19.3 Å². The van der Waals surface area contributed by atoms with Crippen LogP contribution in [0.3, 0.4) is 0 Å². The number of aryl methyl sites for hydroxylation is 1. The summed E-state index contributed by atoms with van der Waals surface area (Å²) in [6, 6.07) is 7.63. The SMILES string of the molecule is CN(C(=O)CCn1cnc2ccccc2c1=O)C1CCSCC1. The molecular weight excluding hydrogens is 310 g/mol. The predicted molar refractivity (Wildman–Crippen MR) is 93.7 cm³/mol. The van der Waals surface area contributed by atoms with E-state index in [2.05, 4.69) is 4.98 Å². The fraction of sp³-hybridized carbons (Fsp3) is 0.471. The van der Waals surface area contributed by atoms with Crippen LogP contribution in [-0.2, 0) is 11.3 Å². The number of nitrogens with zero attached hydrogens (tertiary/aromatic N) is 3. The zero-order valence-corrected chi connectivity index (χ0v) is 14.1. The zero-order chi connectivity index (χ0) is 16.2. The Morgan fingerprint density at radius 1 is 1.35 bits per heavy atom. The van der Waals surface area contributed by atoms with Gasteiger partial charge in [0.2, 0.25) is 5.91 Å². The molecule has 1 amide bonds. The van der Waals surface area contributed by atoms with E-state index in [0.29, 0.717) is 29.9 Å². The molecule has 0 radical (unpaired) electrons. The van der Waals surface area contributed by atoms with Gasteiger partial charge in [-0.1, -0.05) is 12.1 Å². The number of amides is 1. The van der Waals surface area contributed by atoms with Crippen LogP contribution in [0, 0.1) is 0 Å². The van der Waals surface area contributed by atoms with Crippen LogP contribution in [0.15, 0.2) is 35.4 Å². The molecule has 0 spiro atoms. The largest absolute Gasteiger partial charge is 0.343 e. The maximum atomic E-state index is 12.4. The van der Waals surface area contributed by atoms with Crippen molar-refractivity contribution in [1.82, 2.24) is 14.5 Å². The summed E-state index contributed by atoms with van der Waals surface area (Å²) < 4.78 is 1.53. The molecule has 0 atom stereocenters. The molecule has 1 aromatic carbocycles. The quantitative estimate of drug-likeness (QED) is 0.861. The third-order valence-corrected chi connectivity index (χ3v) is 5.48. The Morgan fingerprint density at radius 3 is 2.87 bits per heavy atom. The van der Waals surface area contributed by atoms with Crippen LogP contribution >= 0.6 is 11.8 Å². The molecule has 0 aliphatic carbocycles. The van der Waals surface area contributed by atoms with Gasteiger partial charge in [-0.25, -0.2) is 4.98 Å². The van der Waals surface area contributed by atoms with E-state index in [4.69, 9.17) is 0 Å². The van der Waals surface area contributed by atoms with Crippen molar-refractivity contribution in [2.45, 2.75) is 31.8 Å². The Bertz CT molecular complexity index is 753. The highest BCUT2D eigenvalue weighted by Crippen LogP contribution is 2.21. The highest BCUT2D eigenvalue weighted by molar-refractivity contribution is 7.99. The van der Waals surface area contributed by atoms with Gasteiger partial charge in [-0.3, -0.25) is 14.2 Å². The third kappa shape index (κ3) is 3.58. The molecule has 2 heterocycles. The number of para-hydroxylation sites is 1. The number of hydrogen-bond acceptors (Lipinski definition) is 4. The number of rotatable bonds is 4. The van der Waals surface area contributed by atoms with E-state index < -0.39 is 0 Å². The van der Waals surface area contributed by atoms with Crippen molar-refractivity contribution >= 4 is 28.6 Å². The lowest BCUT2D eigenvalue weighted by Gasteiger charge is -2.31. The van der Waals surface area contributed by atoms with Gasteiger partial charge in [-0.05, 0) is 36.5 Å². The second-order valence-electron chi connectivity index (χ2n) is 5.86. The van der Waals surface area contributed by atoms with E-state index in [-0.39, 0.29) is 11.5 Å². The molecule has 122 valence electrons. The van der Waals surface area contributed by atoms with Crippen LogP contribution in [-0.4, -0.2) is 45.0 Å². The van der Waals surface area contributed by atoms with Gasteiger partial charge in [-0.2, -0.15) is 11.8 Å². The lowest BCUT2D eigenvalue weighted by atomic mass is 10.1. The molecule has 3 rings (SSSR count). The maximum Gasteiger partial charge on any atom is 0.261 e. The Hall–Kier alpha value is -1.82. The van der Waals surface area contributed by atoms with E-state index in [0.717, 1.165) is 24.3 Å². The molecule has 23 heavy (non-hydrogen) atoms. The van der Waals surface area contributed by atoms with Gasteiger partial charge in [-0.15, -0.1) is 0 Å². The van der Waals surface area contributed by atoms with Crippen LogP contribution in [0.2, 0.25) is 0 Å². The molecule has 0 N–H and O–H groups in total. The molecule has 5 nitrogen and oxygen atoms in total. The Labute approximate surface area is 139 Å². The topological polar surface area (TPSA) is 55.2 Å². The normalized spacial score (nSPS) is 15.7. The van der Waals surface area contributed by atoms with Crippen molar-refractivity contribution in [2.75, 3.05) is 18.6 Å². The van der Waals surface area contributed by atoms with Crippen molar-refractivity contribution in [3.8, 4) is 0 Å². The van der Waals surface area contributed by atoms with Gasteiger partial charge >= 0.3 is 0 Å². The summed E-state index contributed by atoms with van der Waals surface area (Å²) in [5, 5.41) is 0.597. The molecule has 1 aliphatic heterocycles. The van der Waals surface area contributed by atoms with E-state index >= 15 is 0 Å². The molecule has 0 unspecified atom stereocenters. The van der Waals surface area contributed by atoms with Crippen molar-refractivity contribution < 1.29 is 4.79 Å². The van der Waals surface area contributed by atoms with Gasteiger partial charge in [0.05, 0.1) is 17.2 Å². The van der Waals surface area contributed by atoms with Gasteiger partial charge < -0.3 is 4.90 Å². The maximum absolute atomic E-state index is 12.4. The van der Waals surface area contributed by atoms with Crippen LogP contribution in [0.4, 0.5) is 0 Å². The first-order valence-corrected chi connectivity index (χ1v) is 9.10. The van der Waals surface area contributed by atoms with Crippen molar-refractivity contribution in [3.05, 3.63) is 40.9 Å². The highest BCUT2D eigenvalue weighted by atomic mass is 32.2. The predicted octanol–water partition coefficient (Wildman–Crippen LogP) is 2.14. The summed E-state index contributed by atoms with van der Waals surface area (Å²) in [7, 11) is 1.88. The summed E-state index contributed by atoms with van der Waals surface area (Å²) in [5.74, 6) is 2.34. The Kier molecular flexibility index (Phi) is 5.00. The molecule has 1 fully saturated rings. The van der Waals surface area contributed by atoms with E-state index in [9.17, 15) is 9.59 Å². The minimum absolute atomic E-state index is 0.0832. The summed E-state index contributed by atoms with van der Waals surface area (Å²) in [4.78, 5) is 30.9. The molecule has 1 aliphatic rings. The minimum Gasteiger partial charge on any atom is -0.343 e. The van der Waals surface area contributed by atoms with Gasteiger partial charge in [0.1, 0.15) is 0 Å². The molecule has 6 heteroatoms. The fourth-order valence-corrected chi connectivity index (χ4v) is 4.02. The second kappa shape index (κ2) is 7.17. The number of carbonyl (C=O) groups is 1. The van der Waals surface area contributed by atoms with Crippen LogP contribution in [0.5, 0.6) is 0 Å². The van der Waals surface area contributed by atoms with Crippen molar-refractivity contribution in [1.29, 1.82) is 0 Å². The summed E-state index contributed by atoms with van der Waals surface area (Å²) in [6.45, 7) is 0.376. The highest BCUT2D eigenvalue weighted by Gasteiger charge is 2.22. The number of carbonyl (C=O) groups excluding carboxylic acids is 1. The number of fused-ring (bicyclic) bond motifs is 1. The van der Waals surface area contributed by atoms with Gasteiger partial charge in [0, 0.05) is 26.1 Å². The summed E-state index contributed by atoms with van der Waals surface area (Å²) >= 11 is 1.95. The molecule has 2 aromatic rings. The number of aromatic nitrogens is 2. The second-order valence-corrected chi connectivity index (χ2v) is 7.08. The monoisotopic (exact) mass is 331 g/mol. The molecule has 1 aromatic heterocycles. The first-order valence-electron chi connectivity index (χ1n) is 7.94. The average molecular weight is 331 g/mol. The number of hydrogen-bond donors (Lipinski definition) is 0. The Balaban J connectivity index is 1.67. The number of thioether (sulfide) groups is 1. The minimum atomic E-state index is -0.0832. The molecule has 1 saturated heterocycles. The Morgan fingerprint density at radius 2 is 2.09 bits per heavy atom.